The van der Waals surface area contributed by atoms with Gasteiger partial charge >= 0.3 is 0 Å². The molecule has 1 saturated heterocycles. The first-order chi connectivity index (χ1) is 10.7. The van der Waals surface area contributed by atoms with Crippen molar-refractivity contribution < 1.29 is 19.3 Å². The molecule has 22 heavy (non-hydrogen) atoms. The lowest BCUT2D eigenvalue weighted by Gasteiger charge is -2.21. The number of hydrogen-bond donors (Lipinski definition) is 1. The summed E-state index contributed by atoms with van der Waals surface area (Å²) in [5, 5.41) is 9.96. The molecule has 5 heteroatoms. The largest absolute Gasteiger partial charge is 0.492 e. The molecule has 1 aromatic rings. The Balaban J connectivity index is 1.51. The summed E-state index contributed by atoms with van der Waals surface area (Å²) in [5.41, 5.74) is 0. The summed E-state index contributed by atoms with van der Waals surface area (Å²) in [4.78, 5) is 2.04. The van der Waals surface area contributed by atoms with Gasteiger partial charge in [0.25, 0.3) is 0 Å². The van der Waals surface area contributed by atoms with E-state index in [1.807, 2.05) is 42.3 Å². The summed E-state index contributed by atoms with van der Waals surface area (Å²) in [7, 11) is 1.97. The van der Waals surface area contributed by atoms with Crippen molar-refractivity contribution in [3.8, 4) is 5.75 Å². The van der Waals surface area contributed by atoms with Crippen molar-refractivity contribution >= 4 is 0 Å². The van der Waals surface area contributed by atoms with Crippen LogP contribution in [0.3, 0.4) is 0 Å². The van der Waals surface area contributed by atoms with Gasteiger partial charge in [-0.15, -0.1) is 0 Å². The highest BCUT2D eigenvalue weighted by Gasteiger charge is 2.16. The number of benzene rings is 1. The van der Waals surface area contributed by atoms with E-state index in [4.69, 9.17) is 14.2 Å². The van der Waals surface area contributed by atoms with Crippen LogP contribution >= 0.6 is 0 Å². The van der Waals surface area contributed by atoms with Gasteiger partial charge in [-0.1, -0.05) is 18.2 Å². The van der Waals surface area contributed by atoms with Crippen LogP contribution in [0.4, 0.5) is 0 Å². The van der Waals surface area contributed by atoms with E-state index in [1.54, 1.807) is 0 Å². The minimum atomic E-state index is -0.483. The average molecular weight is 309 g/mol. The first-order valence-electron chi connectivity index (χ1n) is 7.98. The van der Waals surface area contributed by atoms with Crippen LogP contribution in [0, 0.1) is 0 Å². The molecular weight excluding hydrogens is 282 g/mol. The highest BCUT2D eigenvalue weighted by molar-refractivity contribution is 5.20. The molecule has 2 rings (SSSR count). The molecule has 1 fully saturated rings. The van der Waals surface area contributed by atoms with Crippen molar-refractivity contribution in [1.82, 2.24) is 4.90 Å². The van der Waals surface area contributed by atoms with Crippen LogP contribution in [0.2, 0.25) is 0 Å². The molecule has 1 aliphatic rings. The molecule has 1 aliphatic heterocycles. The highest BCUT2D eigenvalue weighted by atomic mass is 16.5. The zero-order chi connectivity index (χ0) is 15.6. The third-order valence-electron chi connectivity index (χ3n) is 3.65. The van der Waals surface area contributed by atoms with Crippen LogP contribution < -0.4 is 4.74 Å². The molecular formula is C17H27NO4. The minimum absolute atomic E-state index is 0.212. The van der Waals surface area contributed by atoms with Gasteiger partial charge in [0.15, 0.2) is 0 Å². The predicted molar refractivity (Wildman–Crippen MR) is 85.2 cm³/mol. The predicted octanol–water partition coefficient (Wildman–Crippen LogP) is 1.55. The van der Waals surface area contributed by atoms with Crippen molar-refractivity contribution in [3.05, 3.63) is 30.3 Å². The lowest BCUT2D eigenvalue weighted by Crippen LogP contribution is -2.35. The Morgan fingerprint density at radius 1 is 1.36 bits per heavy atom. The van der Waals surface area contributed by atoms with Gasteiger partial charge in [0.1, 0.15) is 12.4 Å². The number of ether oxygens (including phenoxy) is 3. The topological polar surface area (TPSA) is 51.2 Å². The van der Waals surface area contributed by atoms with E-state index < -0.39 is 6.10 Å². The number of hydrogen-bond acceptors (Lipinski definition) is 5. The molecule has 2 unspecified atom stereocenters. The molecule has 0 saturated carbocycles. The molecule has 0 amide bonds. The fourth-order valence-corrected chi connectivity index (χ4v) is 2.45. The summed E-state index contributed by atoms with van der Waals surface area (Å²) >= 11 is 0. The number of aliphatic hydroxyl groups excluding tert-OH is 1. The van der Waals surface area contributed by atoms with Crippen LogP contribution in [-0.4, -0.2) is 68.8 Å². The molecule has 2 atom stereocenters. The Morgan fingerprint density at radius 3 is 2.91 bits per heavy atom. The van der Waals surface area contributed by atoms with E-state index in [2.05, 4.69) is 0 Å². The minimum Gasteiger partial charge on any atom is -0.492 e. The Labute approximate surface area is 132 Å². The molecule has 124 valence electrons. The van der Waals surface area contributed by atoms with E-state index in [9.17, 15) is 5.11 Å². The molecule has 0 bridgehead atoms. The van der Waals surface area contributed by atoms with Crippen molar-refractivity contribution in [2.75, 3.05) is 46.6 Å². The van der Waals surface area contributed by atoms with Gasteiger partial charge in [-0.2, -0.15) is 0 Å². The van der Waals surface area contributed by atoms with Crippen LogP contribution in [-0.2, 0) is 9.47 Å². The highest BCUT2D eigenvalue weighted by Crippen LogP contribution is 2.12. The lowest BCUT2D eigenvalue weighted by molar-refractivity contribution is -0.0239. The van der Waals surface area contributed by atoms with E-state index in [1.165, 1.54) is 0 Å². The monoisotopic (exact) mass is 309 g/mol. The quantitative estimate of drug-likeness (QED) is 0.711. The number of rotatable bonds is 10. The fraction of sp³-hybridized carbons (Fsp3) is 0.647. The van der Waals surface area contributed by atoms with Gasteiger partial charge in [0.2, 0.25) is 0 Å². The second-order valence-corrected chi connectivity index (χ2v) is 5.75. The molecule has 0 radical (unpaired) electrons. The Kier molecular flexibility index (Phi) is 7.66. The lowest BCUT2D eigenvalue weighted by atomic mass is 10.2. The maximum absolute atomic E-state index is 9.96. The number of likely N-dealkylation sites (N-methyl/N-ethyl adjacent to an activating group) is 1. The summed E-state index contributed by atoms with van der Waals surface area (Å²) in [5.74, 6) is 0.872. The van der Waals surface area contributed by atoms with Crippen LogP contribution in [0.1, 0.15) is 12.8 Å². The summed E-state index contributed by atoms with van der Waals surface area (Å²) in [6.45, 7) is 3.70. The maximum atomic E-state index is 9.96. The van der Waals surface area contributed by atoms with E-state index in [0.29, 0.717) is 26.4 Å². The third-order valence-corrected chi connectivity index (χ3v) is 3.65. The summed E-state index contributed by atoms with van der Waals surface area (Å²) in [6, 6.07) is 9.75. The van der Waals surface area contributed by atoms with Crippen LogP contribution in [0.25, 0.3) is 0 Å². The summed E-state index contributed by atoms with van der Waals surface area (Å²) in [6.07, 6.45) is 1.90. The standard InChI is InChI=1S/C17H27NO4/c1-18(9-11-22-16-6-3-2-4-7-16)12-15(19)13-20-14-17-8-5-10-21-17/h2-4,6-7,15,17,19H,5,8-14H2,1H3. The summed E-state index contributed by atoms with van der Waals surface area (Å²) < 4.78 is 16.6. The van der Waals surface area contributed by atoms with Gasteiger partial charge in [-0.3, -0.25) is 0 Å². The van der Waals surface area contributed by atoms with E-state index >= 15 is 0 Å². The van der Waals surface area contributed by atoms with Gasteiger partial charge in [0, 0.05) is 19.7 Å². The van der Waals surface area contributed by atoms with Gasteiger partial charge in [-0.05, 0) is 32.0 Å². The van der Waals surface area contributed by atoms with Crippen molar-refractivity contribution in [2.24, 2.45) is 0 Å². The molecule has 0 aromatic heterocycles. The Morgan fingerprint density at radius 2 is 2.18 bits per heavy atom. The smallest absolute Gasteiger partial charge is 0.119 e. The maximum Gasteiger partial charge on any atom is 0.119 e. The third kappa shape index (κ3) is 6.75. The number of aliphatic hydroxyl groups is 1. The SMILES string of the molecule is CN(CCOc1ccccc1)CC(O)COCC1CCCO1. The Bertz CT molecular complexity index is 395. The van der Waals surface area contributed by atoms with Crippen molar-refractivity contribution in [3.63, 3.8) is 0 Å². The van der Waals surface area contributed by atoms with E-state index in [0.717, 1.165) is 31.7 Å². The second kappa shape index (κ2) is 9.79. The molecule has 5 nitrogen and oxygen atoms in total. The zero-order valence-corrected chi connectivity index (χ0v) is 13.3. The molecule has 0 aliphatic carbocycles. The van der Waals surface area contributed by atoms with E-state index in [-0.39, 0.29) is 6.10 Å². The van der Waals surface area contributed by atoms with Crippen LogP contribution in [0.15, 0.2) is 30.3 Å². The zero-order valence-electron chi connectivity index (χ0n) is 13.3. The average Bonchev–Trinajstić information content (AvgIpc) is 3.01. The normalized spacial score (nSPS) is 19.5. The van der Waals surface area contributed by atoms with Gasteiger partial charge < -0.3 is 24.2 Å². The van der Waals surface area contributed by atoms with Gasteiger partial charge in [0.05, 0.1) is 25.4 Å². The van der Waals surface area contributed by atoms with Gasteiger partial charge in [-0.25, -0.2) is 0 Å². The van der Waals surface area contributed by atoms with Crippen molar-refractivity contribution in [1.29, 1.82) is 0 Å². The molecule has 0 spiro atoms. The Hall–Kier alpha value is -1.14. The molecule has 1 heterocycles. The first kappa shape index (κ1) is 17.2. The van der Waals surface area contributed by atoms with Crippen LogP contribution in [0.5, 0.6) is 5.75 Å². The second-order valence-electron chi connectivity index (χ2n) is 5.75. The first-order valence-corrected chi connectivity index (χ1v) is 7.98. The van der Waals surface area contributed by atoms with Crippen molar-refractivity contribution in [2.45, 2.75) is 25.0 Å². The number of para-hydroxylation sites is 1. The molecule has 1 aromatic carbocycles. The molecule has 1 N–H and O–H groups in total. The number of nitrogens with zero attached hydrogens (tertiary/aromatic N) is 1. The fourth-order valence-electron chi connectivity index (χ4n) is 2.45.